The van der Waals surface area contributed by atoms with E-state index >= 15 is 0 Å². The highest BCUT2D eigenvalue weighted by molar-refractivity contribution is 5.46. The number of ether oxygens (including phenoxy) is 1. The van der Waals surface area contributed by atoms with Crippen molar-refractivity contribution in [3.8, 4) is 5.75 Å². The zero-order valence-corrected chi connectivity index (χ0v) is 11.6. The Morgan fingerprint density at radius 3 is 2.29 bits per heavy atom. The van der Waals surface area contributed by atoms with Gasteiger partial charge in [0.15, 0.2) is 0 Å². The lowest BCUT2D eigenvalue weighted by Gasteiger charge is -2.31. The molecule has 1 aromatic rings. The molecule has 0 spiro atoms. The van der Waals surface area contributed by atoms with Crippen LogP contribution in [-0.2, 0) is 0 Å². The first-order chi connectivity index (χ1) is 7.81. The molecule has 0 aliphatic heterocycles. The van der Waals surface area contributed by atoms with E-state index in [4.69, 9.17) is 4.74 Å². The molecule has 0 radical (unpaired) electrons. The van der Waals surface area contributed by atoms with Crippen LogP contribution in [0.5, 0.6) is 5.75 Å². The van der Waals surface area contributed by atoms with Gasteiger partial charge >= 0.3 is 0 Å². The van der Waals surface area contributed by atoms with Crippen molar-refractivity contribution in [2.45, 2.75) is 39.3 Å². The lowest BCUT2D eigenvalue weighted by atomic mass is 9.89. The topological polar surface area (TPSA) is 41.5 Å². The van der Waals surface area contributed by atoms with Gasteiger partial charge in [0, 0.05) is 5.56 Å². The summed E-state index contributed by atoms with van der Waals surface area (Å²) >= 11 is 0. The number of rotatable bonds is 4. The van der Waals surface area contributed by atoms with E-state index < -0.39 is 5.60 Å². The van der Waals surface area contributed by atoms with Crippen molar-refractivity contribution in [2.24, 2.45) is 0 Å². The first kappa shape index (κ1) is 14.0. The summed E-state index contributed by atoms with van der Waals surface area (Å²) in [6.45, 7) is 7.66. The van der Waals surface area contributed by atoms with Crippen LogP contribution in [0.1, 0.15) is 36.6 Å². The van der Waals surface area contributed by atoms with Crippen molar-refractivity contribution >= 4 is 0 Å². The van der Waals surface area contributed by atoms with E-state index in [-0.39, 0.29) is 6.04 Å². The van der Waals surface area contributed by atoms with Crippen LogP contribution < -0.4 is 10.1 Å². The van der Waals surface area contributed by atoms with Gasteiger partial charge in [-0.15, -0.1) is 0 Å². The van der Waals surface area contributed by atoms with Crippen LogP contribution in [0.25, 0.3) is 0 Å². The predicted molar refractivity (Wildman–Crippen MR) is 70.6 cm³/mol. The van der Waals surface area contributed by atoms with Crippen molar-refractivity contribution in [3.05, 3.63) is 28.8 Å². The Bertz CT molecular complexity index is 394. The molecule has 1 unspecified atom stereocenters. The lowest BCUT2D eigenvalue weighted by Crippen LogP contribution is -2.37. The molecule has 0 amide bonds. The van der Waals surface area contributed by atoms with Crippen LogP contribution in [0.3, 0.4) is 0 Å². The Hall–Kier alpha value is -1.06. The fourth-order valence-corrected chi connectivity index (χ4v) is 2.37. The highest BCUT2D eigenvalue weighted by atomic mass is 16.5. The molecule has 0 saturated carbocycles. The van der Waals surface area contributed by atoms with E-state index in [1.807, 2.05) is 20.9 Å². The molecule has 17 heavy (non-hydrogen) atoms. The van der Waals surface area contributed by atoms with E-state index in [9.17, 15) is 5.11 Å². The maximum Gasteiger partial charge on any atom is 0.126 e. The average molecular weight is 237 g/mol. The van der Waals surface area contributed by atoms with Crippen LogP contribution in [0.2, 0.25) is 0 Å². The van der Waals surface area contributed by atoms with Gasteiger partial charge in [-0.25, -0.2) is 0 Å². The first-order valence-electron chi connectivity index (χ1n) is 5.86. The molecule has 1 atom stereocenters. The second-order valence-corrected chi connectivity index (χ2v) is 5.08. The van der Waals surface area contributed by atoms with E-state index in [1.54, 1.807) is 21.0 Å². The third-order valence-corrected chi connectivity index (χ3v) is 2.96. The molecule has 1 aromatic carbocycles. The molecule has 96 valence electrons. The highest BCUT2D eigenvalue weighted by Gasteiger charge is 2.29. The molecule has 0 saturated heterocycles. The quantitative estimate of drug-likeness (QED) is 0.844. The van der Waals surface area contributed by atoms with Gasteiger partial charge in [0.25, 0.3) is 0 Å². The fourth-order valence-electron chi connectivity index (χ4n) is 2.37. The summed E-state index contributed by atoms with van der Waals surface area (Å²) in [7, 11) is 3.51. The summed E-state index contributed by atoms with van der Waals surface area (Å²) in [4.78, 5) is 0. The molecule has 3 heteroatoms. The van der Waals surface area contributed by atoms with E-state index in [0.717, 1.165) is 16.9 Å². The summed E-state index contributed by atoms with van der Waals surface area (Å²) in [5.74, 6) is 0.845. The molecule has 0 aromatic heterocycles. The Morgan fingerprint density at radius 2 is 1.88 bits per heavy atom. The molecule has 3 nitrogen and oxygen atoms in total. The number of nitrogens with one attached hydrogen (secondary N) is 1. The second kappa shape index (κ2) is 5.07. The molecular formula is C14H23NO2. The van der Waals surface area contributed by atoms with Gasteiger partial charge in [-0.05, 0) is 40.3 Å². The summed E-state index contributed by atoms with van der Waals surface area (Å²) in [6.07, 6.45) is 0. The zero-order valence-electron chi connectivity index (χ0n) is 11.6. The van der Waals surface area contributed by atoms with Gasteiger partial charge in [-0.1, -0.05) is 17.7 Å². The molecule has 0 aliphatic carbocycles. The SMILES string of the molecule is CNC(c1cc(C)cc(C)c1OC)C(C)(C)O. The number of likely N-dealkylation sites (N-methyl/N-ethyl adjacent to an activating group) is 1. The van der Waals surface area contributed by atoms with Crippen molar-refractivity contribution in [1.82, 2.24) is 5.32 Å². The molecule has 2 N–H and O–H groups in total. The summed E-state index contributed by atoms with van der Waals surface area (Å²) in [6, 6.07) is 3.99. The fraction of sp³-hybridized carbons (Fsp3) is 0.571. The van der Waals surface area contributed by atoms with Gasteiger partial charge in [0.2, 0.25) is 0 Å². The number of aryl methyl sites for hydroxylation is 2. The summed E-state index contributed by atoms with van der Waals surface area (Å²) in [5.41, 5.74) is 2.41. The summed E-state index contributed by atoms with van der Waals surface area (Å²) in [5, 5.41) is 13.4. The van der Waals surface area contributed by atoms with Crippen LogP contribution in [-0.4, -0.2) is 24.9 Å². The Morgan fingerprint density at radius 1 is 1.29 bits per heavy atom. The van der Waals surface area contributed by atoms with Crippen molar-refractivity contribution in [1.29, 1.82) is 0 Å². The van der Waals surface area contributed by atoms with Gasteiger partial charge in [-0.2, -0.15) is 0 Å². The maximum absolute atomic E-state index is 10.2. The largest absolute Gasteiger partial charge is 0.496 e. The van der Waals surface area contributed by atoms with E-state index in [1.165, 1.54) is 5.56 Å². The Balaban J connectivity index is 3.37. The Labute approximate surface area is 104 Å². The number of aliphatic hydroxyl groups is 1. The standard InChI is InChI=1S/C14H23NO2/c1-9-7-10(2)12(17-6)11(8-9)13(15-5)14(3,4)16/h7-8,13,15-16H,1-6H3. The molecule has 0 bridgehead atoms. The molecule has 0 heterocycles. The normalized spacial score (nSPS) is 13.6. The summed E-state index contributed by atoms with van der Waals surface area (Å²) < 4.78 is 5.46. The second-order valence-electron chi connectivity index (χ2n) is 5.08. The molecule has 1 rings (SSSR count). The highest BCUT2D eigenvalue weighted by Crippen LogP contribution is 2.35. The van der Waals surface area contributed by atoms with Crippen molar-refractivity contribution in [3.63, 3.8) is 0 Å². The molecule has 0 fully saturated rings. The van der Waals surface area contributed by atoms with E-state index in [0.29, 0.717) is 0 Å². The number of benzene rings is 1. The monoisotopic (exact) mass is 237 g/mol. The van der Waals surface area contributed by atoms with Gasteiger partial charge < -0.3 is 15.2 Å². The minimum Gasteiger partial charge on any atom is -0.496 e. The van der Waals surface area contributed by atoms with Crippen molar-refractivity contribution < 1.29 is 9.84 Å². The van der Waals surface area contributed by atoms with Crippen LogP contribution in [0.4, 0.5) is 0 Å². The van der Waals surface area contributed by atoms with Crippen LogP contribution in [0, 0.1) is 13.8 Å². The first-order valence-corrected chi connectivity index (χ1v) is 5.86. The lowest BCUT2D eigenvalue weighted by molar-refractivity contribution is 0.0391. The number of methoxy groups -OCH3 is 1. The third-order valence-electron chi connectivity index (χ3n) is 2.96. The number of hydrogen-bond donors (Lipinski definition) is 2. The van der Waals surface area contributed by atoms with Crippen LogP contribution >= 0.6 is 0 Å². The smallest absolute Gasteiger partial charge is 0.126 e. The van der Waals surface area contributed by atoms with Crippen LogP contribution in [0.15, 0.2) is 12.1 Å². The van der Waals surface area contributed by atoms with Gasteiger partial charge in [-0.3, -0.25) is 0 Å². The van der Waals surface area contributed by atoms with Crippen molar-refractivity contribution in [2.75, 3.05) is 14.2 Å². The molecule has 0 aliphatic rings. The maximum atomic E-state index is 10.2. The predicted octanol–water partition coefficient (Wildman–Crippen LogP) is 2.34. The minimum atomic E-state index is -0.845. The average Bonchev–Trinajstić information content (AvgIpc) is 2.15. The van der Waals surface area contributed by atoms with Gasteiger partial charge in [0.05, 0.1) is 18.8 Å². The Kier molecular flexibility index (Phi) is 4.17. The minimum absolute atomic E-state index is 0.156. The molecular weight excluding hydrogens is 214 g/mol. The number of hydrogen-bond acceptors (Lipinski definition) is 3. The third kappa shape index (κ3) is 2.99. The zero-order chi connectivity index (χ0) is 13.2. The van der Waals surface area contributed by atoms with E-state index in [2.05, 4.69) is 17.4 Å². The van der Waals surface area contributed by atoms with Gasteiger partial charge in [0.1, 0.15) is 5.75 Å².